The van der Waals surface area contributed by atoms with Crippen molar-refractivity contribution < 1.29 is 9.53 Å². The minimum Gasteiger partial charge on any atom is -0.496 e. The van der Waals surface area contributed by atoms with Crippen LogP contribution in [0.3, 0.4) is 0 Å². The second kappa shape index (κ2) is 9.41. The lowest BCUT2D eigenvalue weighted by molar-refractivity contribution is 0.219. The molecular formula is C20H29N5O2. The summed E-state index contributed by atoms with van der Waals surface area (Å²) in [5.74, 6) is 1.48. The zero-order valence-corrected chi connectivity index (χ0v) is 16.1. The molecule has 1 fully saturated rings. The van der Waals surface area contributed by atoms with Gasteiger partial charge in [-0.3, -0.25) is 0 Å². The van der Waals surface area contributed by atoms with Gasteiger partial charge in [-0.15, -0.1) is 0 Å². The molecule has 1 aliphatic rings. The molecule has 1 saturated heterocycles. The van der Waals surface area contributed by atoms with Gasteiger partial charge in [-0.1, -0.05) is 24.6 Å². The van der Waals surface area contributed by atoms with Crippen LogP contribution in [-0.4, -0.2) is 53.8 Å². The third-order valence-corrected chi connectivity index (χ3v) is 5.00. The molecule has 3 rings (SSSR count). The Kier molecular flexibility index (Phi) is 6.70. The van der Waals surface area contributed by atoms with Gasteiger partial charge in [-0.25, -0.2) is 9.78 Å². The highest BCUT2D eigenvalue weighted by molar-refractivity contribution is 5.75. The lowest BCUT2D eigenvalue weighted by Crippen LogP contribution is -2.43. The summed E-state index contributed by atoms with van der Waals surface area (Å²) >= 11 is 0. The Labute approximate surface area is 160 Å². The van der Waals surface area contributed by atoms with E-state index in [4.69, 9.17) is 4.74 Å². The van der Waals surface area contributed by atoms with Gasteiger partial charge in [-0.05, 0) is 32.0 Å². The van der Waals surface area contributed by atoms with Crippen molar-refractivity contribution in [1.29, 1.82) is 0 Å². The van der Waals surface area contributed by atoms with Crippen LogP contribution in [0.25, 0.3) is 0 Å². The van der Waals surface area contributed by atoms with Crippen LogP contribution in [0.15, 0.2) is 36.7 Å². The van der Waals surface area contributed by atoms with E-state index < -0.39 is 6.04 Å². The molecule has 1 unspecified atom stereocenters. The van der Waals surface area contributed by atoms with Crippen molar-refractivity contribution in [3.63, 3.8) is 0 Å². The first kappa shape index (κ1) is 19.2. The Morgan fingerprint density at radius 2 is 2.04 bits per heavy atom. The third-order valence-electron chi connectivity index (χ3n) is 5.00. The maximum Gasteiger partial charge on any atom is 0.315 e. The van der Waals surface area contributed by atoms with Crippen molar-refractivity contribution >= 4 is 6.03 Å². The Hall–Kier alpha value is -2.54. The summed E-state index contributed by atoms with van der Waals surface area (Å²) in [6.45, 7) is 3.76. The molecule has 7 heteroatoms. The number of nitrogens with one attached hydrogen (secondary N) is 2. The Balaban J connectivity index is 1.66. The van der Waals surface area contributed by atoms with Crippen molar-refractivity contribution in [3.05, 3.63) is 48.0 Å². The number of rotatable bonds is 7. The molecule has 146 valence electrons. The average Bonchev–Trinajstić information content (AvgIpc) is 3.12. The monoisotopic (exact) mass is 371 g/mol. The van der Waals surface area contributed by atoms with Gasteiger partial charge < -0.3 is 24.8 Å². The van der Waals surface area contributed by atoms with Crippen LogP contribution in [0.4, 0.5) is 4.79 Å². The molecule has 0 spiro atoms. The number of para-hydroxylation sites is 1. The molecule has 27 heavy (non-hydrogen) atoms. The predicted octanol–water partition coefficient (Wildman–Crippen LogP) is 2.30. The van der Waals surface area contributed by atoms with Gasteiger partial charge >= 0.3 is 6.03 Å². The molecule has 1 atom stereocenters. The van der Waals surface area contributed by atoms with Gasteiger partial charge in [0.15, 0.2) is 0 Å². The highest BCUT2D eigenvalue weighted by atomic mass is 16.5. The smallest absolute Gasteiger partial charge is 0.315 e. The molecule has 7 nitrogen and oxygen atoms in total. The number of ether oxygens (including phenoxy) is 1. The van der Waals surface area contributed by atoms with E-state index in [1.165, 1.54) is 19.3 Å². The van der Waals surface area contributed by atoms with Gasteiger partial charge in [0.1, 0.15) is 17.6 Å². The summed E-state index contributed by atoms with van der Waals surface area (Å²) in [6, 6.07) is 7.09. The number of carbonyl (C=O) groups is 1. The normalized spacial score (nSPS) is 15.9. The molecular weight excluding hydrogens is 342 g/mol. The van der Waals surface area contributed by atoms with Gasteiger partial charge in [0, 0.05) is 38.1 Å². The number of urea groups is 1. The lowest BCUT2D eigenvalue weighted by atomic mass is 10.0. The van der Waals surface area contributed by atoms with Crippen molar-refractivity contribution in [3.8, 4) is 5.75 Å². The standard InChI is InChI=1S/C20H29N5O2/c1-24-14-10-21-19(24)18(16-8-4-5-9-17(16)27-2)23-20(26)22-11-15-25-12-6-3-7-13-25/h4-5,8-10,14,18H,3,6-7,11-13,15H2,1-2H3,(H2,22,23,26). The van der Waals surface area contributed by atoms with Gasteiger partial charge in [-0.2, -0.15) is 0 Å². The second-order valence-corrected chi connectivity index (χ2v) is 6.87. The topological polar surface area (TPSA) is 71.4 Å². The summed E-state index contributed by atoms with van der Waals surface area (Å²) < 4.78 is 7.40. The van der Waals surface area contributed by atoms with Crippen LogP contribution in [0.1, 0.15) is 36.7 Å². The van der Waals surface area contributed by atoms with E-state index >= 15 is 0 Å². The van der Waals surface area contributed by atoms with Crippen LogP contribution in [0.2, 0.25) is 0 Å². The van der Waals surface area contributed by atoms with Gasteiger partial charge in [0.05, 0.1) is 7.11 Å². The zero-order chi connectivity index (χ0) is 19.1. The summed E-state index contributed by atoms with van der Waals surface area (Å²) in [7, 11) is 3.55. The number of aromatic nitrogens is 2. The number of amides is 2. The summed E-state index contributed by atoms with van der Waals surface area (Å²) in [6.07, 6.45) is 7.42. The first-order valence-electron chi connectivity index (χ1n) is 9.56. The first-order valence-corrected chi connectivity index (χ1v) is 9.56. The van der Waals surface area contributed by atoms with E-state index in [9.17, 15) is 4.79 Å². The number of aryl methyl sites for hydroxylation is 1. The number of carbonyl (C=O) groups excluding carboxylic acids is 1. The highest BCUT2D eigenvalue weighted by Crippen LogP contribution is 2.28. The van der Waals surface area contributed by atoms with E-state index in [0.29, 0.717) is 6.54 Å². The molecule has 1 aromatic carbocycles. The number of hydrogen-bond acceptors (Lipinski definition) is 4. The fourth-order valence-electron chi connectivity index (χ4n) is 3.53. The highest BCUT2D eigenvalue weighted by Gasteiger charge is 2.23. The summed E-state index contributed by atoms with van der Waals surface area (Å²) in [5, 5.41) is 6.04. The first-order chi connectivity index (χ1) is 13.2. The Bertz CT molecular complexity index is 739. The number of nitrogens with zero attached hydrogens (tertiary/aromatic N) is 3. The van der Waals surface area contributed by atoms with E-state index in [1.807, 2.05) is 42.1 Å². The fourth-order valence-corrected chi connectivity index (χ4v) is 3.53. The van der Waals surface area contributed by atoms with E-state index in [1.54, 1.807) is 13.3 Å². The Morgan fingerprint density at radius 1 is 1.26 bits per heavy atom. The van der Waals surface area contributed by atoms with Crippen molar-refractivity contribution in [2.24, 2.45) is 7.05 Å². The summed E-state index contributed by atoms with van der Waals surface area (Å²) in [4.78, 5) is 19.4. The minimum absolute atomic E-state index is 0.203. The molecule has 0 radical (unpaired) electrons. The van der Waals surface area contributed by atoms with Crippen LogP contribution >= 0.6 is 0 Å². The largest absolute Gasteiger partial charge is 0.496 e. The maximum absolute atomic E-state index is 12.6. The Morgan fingerprint density at radius 3 is 2.74 bits per heavy atom. The zero-order valence-electron chi connectivity index (χ0n) is 16.1. The van der Waals surface area contributed by atoms with E-state index in [2.05, 4.69) is 20.5 Å². The SMILES string of the molecule is COc1ccccc1C(NC(=O)NCCN1CCCCC1)c1nccn1C. The van der Waals surface area contributed by atoms with Crippen molar-refractivity contribution in [2.45, 2.75) is 25.3 Å². The molecule has 0 bridgehead atoms. The second-order valence-electron chi connectivity index (χ2n) is 6.87. The quantitative estimate of drug-likeness (QED) is 0.783. The number of benzene rings is 1. The van der Waals surface area contributed by atoms with Crippen LogP contribution in [0.5, 0.6) is 5.75 Å². The molecule has 2 aromatic rings. The number of hydrogen-bond donors (Lipinski definition) is 2. The predicted molar refractivity (Wildman–Crippen MR) is 105 cm³/mol. The molecule has 1 aliphatic heterocycles. The molecule has 1 aromatic heterocycles. The van der Waals surface area contributed by atoms with E-state index in [0.717, 1.165) is 36.8 Å². The minimum atomic E-state index is -0.392. The molecule has 0 saturated carbocycles. The molecule has 2 heterocycles. The molecule has 2 amide bonds. The lowest BCUT2D eigenvalue weighted by Gasteiger charge is -2.26. The third kappa shape index (κ3) is 5.01. The van der Waals surface area contributed by atoms with Crippen LogP contribution in [-0.2, 0) is 7.05 Å². The number of likely N-dealkylation sites (tertiary alicyclic amines) is 1. The van der Waals surface area contributed by atoms with Gasteiger partial charge in [0.25, 0.3) is 0 Å². The number of imidazole rings is 1. The molecule has 2 N–H and O–H groups in total. The molecule has 0 aliphatic carbocycles. The fraction of sp³-hybridized carbons (Fsp3) is 0.500. The average molecular weight is 371 g/mol. The number of methoxy groups -OCH3 is 1. The summed E-state index contributed by atoms with van der Waals surface area (Å²) in [5.41, 5.74) is 0.875. The number of piperidine rings is 1. The maximum atomic E-state index is 12.6. The van der Waals surface area contributed by atoms with E-state index in [-0.39, 0.29) is 6.03 Å². The van der Waals surface area contributed by atoms with Crippen molar-refractivity contribution in [2.75, 3.05) is 33.3 Å². The van der Waals surface area contributed by atoms with Crippen molar-refractivity contribution in [1.82, 2.24) is 25.1 Å². The van der Waals surface area contributed by atoms with Crippen LogP contribution in [0, 0.1) is 0 Å². The van der Waals surface area contributed by atoms with Crippen LogP contribution < -0.4 is 15.4 Å². The van der Waals surface area contributed by atoms with Gasteiger partial charge in [0.2, 0.25) is 0 Å².